The molecule has 0 fully saturated rings. The predicted octanol–water partition coefficient (Wildman–Crippen LogP) is -0.0955. The summed E-state index contributed by atoms with van der Waals surface area (Å²) >= 11 is 5.17. The van der Waals surface area contributed by atoms with Gasteiger partial charge < -0.3 is 10.1 Å². The highest BCUT2D eigenvalue weighted by Crippen LogP contribution is 1.76. The fourth-order valence-electron chi connectivity index (χ4n) is 0.432. The number of nitrogens with one attached hydrogen (secondary N) is 1. The smallest absolute Gasteiger partial charge is 0.302 e. The minimum absolute atomic E-state index is 0.0694. The molecule has 0 heterocycles. The Morgan fingerprint density at radius 2 is 2.18 bits per heavy atom. The average molecular weight is 180 g/mol. The van der Waals surface area contributed by atoms with Gasteiger partial charge in [0.1, 0.15) is 12.5 Å². The second-order valence-corrected chi connectivity index (χ2v) is 2.09. The number of hydrogen-bond donors (Lipinski definition) is 1. The van der Waals surface area contributed by atoms with Gasteiger partial charge in [0.2, 0.25) is 5.91 Å². The van der Waals surface area contributed by atoms with Crippen molar-refractivity contribution in [3.63, 3.8) is 0 Å². The molecule has 0 spiro atoms. The Morgan fingerprint density at radius 3 is 2.64 bits per heavy atom. The molecule has 1 N–H and O–H groups in total. The lowest BCUT2D eigenvalue weighted by molar-refractivity contribution is -0.141. The highest BCUT2D eigenvalue weighted by atomic mass is 35.5. The normalized spacial score (nSPS) is 8.91. The lowest BCUT2D eigenvalue weighted by atomic mass is 10.6. The van der Waals surface area contributed by atoms with Crippen LogP contribution < -0.4 is 5.32 Å². The van der Waals surface area contributed by atoms with Gasteiger partial charge in [0.15, 0.2) is 0 Å². The predicted molar refractivity (Wildman–Crippen MR) is 40.4 cm³/mol. The standard InChI is InChI=1S/C6H10ClNO3/c1-5(9)11-3-2-8-6(10)4-7/h2-4H2,1H3,(H,8,10). The molecule has 0 rings (SSSR count). The van der Waals surface area contributed by atoms with Crippen molar-refractivity contribution in [3.8, 4) is 0 Å². The van der Waals surface area contributed by atoms with Crippen LogP contribution in [-0.2, 0) is 14.3 Å². The van der Waals surface area contributed by atoms with Crippen LogP contribution >= 0.6 is 11.6 Å². The Morgan fingerprint density at radius 1 is 1.55 bits per heavy atom. The van der Waals surface area contributed by atoms with Crippen molar-refractivity contribution in [1.82, 2.24) is 5.32 Å². The average Bonchev–Trinajstić information content (AvgIpc) is 1.97. The molecule has 1 amide bonds. The number of carbonyl (C=O) groups excluding carboxylic acids is 2. The number of halogens is 1. The first kappa shape index (κ1) is 10.2. The lowest BCUT2D eigenvalue weighted by Gasteiger charge is -2.02. The van der Waals surface area contributed by atoms with Crippen LogP contribution in [0, 0.1) is 0 Å². The SMILES string of the molecule is CC(=O)OCCNC(=O)CCl. The Hall–Kier alpha value is -0.770. The molecule has 0 saturated carbocycles. The van der Waals surface area contributed by atoms with Crippen LogP contribution in [0.1, 0.15) is 6.92 Å². The molecule has 0 unspecified atom stereocenters. The fraction of sp³-hybridized carbons (Fsp3) is 0.667. The number of carbonyl (C=O) groups is 2. The molecule has 0 aliphatic heterocycles. The summed E-state index contributed by atoms with van der Waals surface area (Å²) < 4.78 is 4.54. The summed E-state index contributed by atoms with van der Waals surface area (Å²) in [6.07, 6.45) is 0. The third-order valence-electron chi connectivity index (χ3n) is 0.851. The molecule has 11 heavy (non-hydrogen) atoms. The third-order valence-corrected chi connectivity index (χ3v) is 1.09. The number of hydrogen-bond acceptors (Lipinski definition) is 3. The van der Waals surface area contributed by atoms with E-state index in [1.807, 2.05) is 0 Å². The minimum atomic E-state index is -0.356. The highest BCUT2D eigenvalue weighted by Gasteiger charge is 1.96. The number of rotatable bonds is 4. The van der Waals surface area contributed by atoms with Crippen molar-refractivity contribution < 1.29 is 14.3 Å². The molecule has 5 heteroatoms. The summed E-state index contributed by atoms with van der Waals surface area (Å²) in [6, 6.07) is 0. The van der Waals surface area contributed by atoms with Crippen LogP contribution in [0.2, 0.25) is 0 Å². The van der Waals surface area contributed by atoms with E-state index in [4.69, 9.17) is 11.6 Å². The van der Waals surface area contributed by atoms with E-state index in [0.717, 1.165) is 0 Å². The maximum absolute atomic E-state index is 10.5. The molecule has 64 valence electrons. The zero-order valence-corrected chi connectivity index (χ0v) is 6.98. The summed E-state index contributed by atoms with van der Waals surface area (Å²) in [5.74, 6) is -0.691. The summed E-state index contributed by atoms with van der Waals surface area (Å²) in [4.78, 5) is 20.7. The Balaban J connectivity index is 3.14. The van der Waals surface area contributed by atoms with Crippen molar-refractivity contribution >= 4 is 23.5 Å². The highest BCUT2D eigenvalue weighted by molar-refractivity contribution is 6.27. The van der Waals surface area contributed by atoms with E-state index in [9.17, 15) is 9.59 Å². The van der Waals surface area contributed by atoms with Gasteiger partial charge in [0, 0.05) is 6.92 Å². The van der Waals surface area contributed by atoms with Gasteiger partial charge in [-0.05, 0) is 0 Å². The van der Waals surface area contributed by atoms with Gasteiger partial charge in [-0.25, -0.2) is 0 Å². The van der Waals surface area contributed by atoms with Gasteiger partial charge in [-0.2, -0.15) is 0 Å². The quantitative estimate of drug-likeness (QED) is 0.373. The van der Waals surface area contributed by atoms with Crippen LogP contribution in [0.5, 0.6) is 0 Å². The molecule has 0 radical (unpaired) electrons. The van der Waals surface area contributed by atoms with Crippen LogP contribution in [0.4, 0.5) is 0 Å². The van der Waals surface area contributed by atoms with Crippen LogP contribution in [-0.4, -0.2) is 30.9 Å². The van der Waals surface area contributed by atoms with E-state index in [1.165, 1.54) is 6.92 Å². The summed E-state index contributed by atoms with van der Waals surface area (Å²) in [5.41, 5.74) is 0. The summed E-state index contributed by atoms with van der Waals surface area (Å²) in [5, 5.41) is 2.44. The first-order valence-corrected chi connectivity index (χ1v) is 3.66. The van der Waals surface area contributed by atoms with E-state index in [0.29, 0.717) is 6.54 Å². The topological polar surface area (TPSA) is 55.4 Å². The Bertz CT molecular complexity index is 149. The van der Waals surface area contributed by atoms with Crippen molar-refractivity contribution in [2.75, 3.05) is 19.0 Å². The lowest BCUT2D eigenvalue weighted by Crippen LogP contribution is -2.28. The number of alkyl halides is 1. The van der Waals surface area contributed by atoms with Crippen molar-refractivity contribution in [1.29, 1.82) is 0 Å². The van der Waals surface area contributed by atoms with E-state index in [-0.39, 0.29) is 24.4 Å². The maximum atomic E-state index is 10.5. The van der Waals surface area contributed by atoms with Crippen LogP contribution in [0.3, 0.4) is 0 Å². The first-order valence-electron chi connectivity index (χ1n) is 3.13. The van der Waals surface area contributed by atoms with E-state index in [1.54, 1.807) is 0 Å². The largest absolute Gasteiger partial charge is 0.464 e. The minimum Gasteiger partial charge on any atom is -0.464 e. The molecule has 0 aliphatic rings. The fourth-order valence-corrected chi connectivity index (χ4v) is 0.527. The molecule has 0 saturated heterocycles. The molecule has 0 aromatic rings. The molecule has 0 aliphatic carbocycles. The van der Waals surface area contributed by atoms with Gasteiger partial charge in [-0.3, -0.25) is 9.59 Å². The maximum Gasteiger partial charge on any atom is 0.302 e. The van der Waals surface area contributed by atoms with E-state index >= 15 is 0 Å². The molecule has 0 aromatic heterocycles. The number of esters is 1. The van der Waals surface area contributed by atoms with Crippen molar-refractivity contribution in [2.24, 2.45) is 0 Å². The van der Waals surface area contributed by atoms with Gasteiger partial charge in [-0.1, -0.05) is 0 Å². The Labute approximate surface area is 69.9 Å². The van der Waals surface area contributed by atoms with Gasteiger partial charge in [0.05, 0.1) is 6.54 Å². The number of ether oxygens (including phenoxy) is 1. The first-order chi connectivity index (χ1) is 5.16. The Kier molecular flexibility index (Phi) is 5.56. The number of amides is 1. The molecule has 4 nitrogen and oxygen atoms in total. The monoisotopic (exact) mass is 179 g/mol. The zero-order valence-electron chi connectivity index (χ0n) is 6.22. The van der Waals surface area contributed by atoms with E-state index < -0.39 is 0 Å². The summed E-state index contributed by atoms with van der Waals surface area (Å²) in [7, 11) is 0. The van der Waals surface area contributed by atoms with Crippen LogP contribution in [0.15, 0.2) is 0 Å². The summed E-state index contributed by atoms with van der Waals surface area (Å²) in [6.45, 7) is 1.81. The van der Waals surface area contributed by atoms with Gasteiger partial charge in [0.25, 0.3) is 0 Å². The molecular weight excluding hydrogens is 170 g/mol. The second-order valence-electron chi connectivity index (χ2n) is 1.82. The van der Waals surface area contributed by atoms with Crippen molar-refractivity contribution in [2.45, 2.75) is 6.92 Å². The second kappa shape index (κ2) is 5.97. The van der Waals surface area contributed by atoms with Crippen molar-refractivity contribution in [3.05, 3.63) is 0 Å². The molecule has 0 atom stereocenters. The molecular formula is C6H10ClNO3. The zero-order chi connectivity index (χ0) is 8.69. The van der Waals surface area contributed by atoms with E-state index in [2.05, 4.69) is 10.1 Å². The molecule has 0 bridgehead atoms. The van der Waals surface area contributed by atoms with Crippen LogP contribution in [0.25, 0.3) is 0 Å². The third kappa shape index (κ3) is 7.12. The van der Waals surface area contributed by atoms with Gasteiger partial charge in [-0.15, -0.1) is 11.6 Å². The van der Waals surface area contributed by atoms with Gasteiger partial charge >= 0.3 is 5.97 Å². The molecule has 0 aromatic carbocycles.